The van der Waals surface area contributed by atoms with E-state index in [1.807, 2.05) is 0 Å². The van der Waals surface area contributed by atoms with Gasteiger partial charge in [-0.25, -0.2) is 9.37 Å². The van der Waals surface area contributed by atoms with Crippen molar-refractivity contribution in [2.45, 2.75) is 13.1 Å². The van der Waals surface area contributed by atoms with Gasteiger partial charge in [0, 0.05) is 30.4 Å². The van der Waals surface area contributed by atoms with Crippen LogP contribution in [0.1, 0.15) is 21.5 Å². The molecule has 1 aliphatic heterocycles. The quantitative estimate of drug-likeness (QED) is 0.414. The molecule has 0 aliphatic carbocycles. The number of carbonyl (C=O) groups excluding carboxylic acids is 1. The molecule has 0 saturated carbocycles. The van der Waals surface area contributed by atoms with Crippen LogP contribution in [-0.4, -0.2) is 51.2 Å². The van der Waals surface area contributed by atoms with Crippen molar-refractivity contribution in [1.29, 1.82) is 0 Å². The summed E-state index contributed by atoms with van der Waals surface area (Å²) in [6.45, 7) is 2.18. The molecule has 0 N–H and O–H groups in total. The molecule has 178 valence electrons. The lowest BCUT2D eigenvalue weighted by atomic mass is 10.1. The summed E-state index contributed by atoms with van der Waals surface area (Å²) in [7, 11) is 0. The van der Waals surface area contributed by atoms with E-state index in [0.717, 1.165) is 5.56 Å². The standard InChI is InChI=1S/C26H23FN4O4/c27-21-5-2-1-4-20(21)17-30-22-6-3-11-28-23(22)31(26(34)25(30)33)16-18-7-9-19(10-8-18)24(32)29-12-14-35-15-13-29/h1-11H,12-17H2. The number of nitrogens with zero attached hydrogens (tertiary/aromatic N) is 4. The molecule has 9 heteroatoms. The van der Waals surface area contributed by atoms with Crippen molar-refractivity contribution in [2.75, 3.05) is 26.3 Å². The van der Waals surface area contributed by atoms with Crippen LogP contribution in [0.15, 0.2) is 76.4 Å². The lowest BCUT2D eigenvalue weighted by Crippen LogP contribution is -2.42. The molecule has 1 fully saturated rings. The molecule has 0 spiro atoms. The predicted octanol–water partition coefficient (Wildman–Crippen LogP) is 2.27. The van der Waals surface area contributed by atoms with Gasteiger partial charge in [-0.2, -0.15) is 0 Å². The van der Waals surface area contributed by atoms with Crippen LogP contribution in [-0.2, 0) is 17.8 Å². The summed E-state index contributed by atoms with van der Waals surface area (Å²) in [5.41, 5.74) is 0.836. The van der Waals surface area contributed by atoms with Gasteiger partial charge < -0.3 is 9.64 Å². The summed E-state index contributed by atoms with van der Waals surface area (Å²) < 4.78 is 22.1. The number of hydrogen-bond acceptors (Lipinski definition) is 5. The first kappa shape index (κ1) is 22.7. The van der Waals surface area contributed by atoms with Crippen LogP contribution >= 0.6 is 0 Å². The van der Waals surface area contributed by atoms with Crippen LogP contribution in [0, 0.1) is 5.82 Å². The third-order valence-corrected chi connectivity index (χ3v) is 6.11. The number of rotatable bonds is 5. The molecular weight excluding hydrogens is 451 g/mol. The highest BCUT2D eigenvalue weighted by Crippen LogP contribution is 2.15. The van der Waals surface area contributed by atoms with Gasteiger partial charge >= 0.3 is 11.1 Å². The molecular formula is C26H23FN4O4. The van der Waals surface area contributed by atoms with E-state index in [-0.39, 0.29) is 19.0 Å². The molecule has 5 rings (SSSR count). The maximum Gasteiger partial charge on any atom is 0.318 e. The molecule has 35 heavy (non-hydrogen) atoms. The Labute approximate surface area is 199 Å². The number of hydrogen-bond donors (Lipinski definition) is 0. The number of pyridine rings is 1. The van der Waals surface area contributed by atoms with Crippen LogP contribution < -0.4 is 11.1 Å². The van der Waals surface area contributed by atoms with Crippen LogP contribution in [0.4, 0.5) is 4.39 Å². The summed E-state index contributed by atoms with van der Waals surface area (Å²) in [5, 5.41) is 0. The average Bonchev–Trinajstić information content (AvgIpc) is 2.90. The van der Waals surface area contributed by atoms with Crippen molar-refractivity contribution >= 4 is 17.1 Å². The largest absolute Gasteiger partial charge is 0.378 e. The van der Waals surface area contributed by atoms with E-state index in [2.05, 4.69) is 4.98 Å². The average molecular weight is 474 g/mol. The van der Waals surface area contributed by atoms with Gasteiger partial charge in [0.05, 0.1) is 31.8 Å². The Balaban J connectivity index is 1.48. The van der Waals surface area contributed by atoms with Gasteiger partial charge in [0.25, 0.3) is 5.91 Å². The Hall–Kier alpha value is -4.11. The second-order valence-electron chi connectivity index (χ2n) is 8.32. The van der Waals surface area contributed by atoms with E-state index in [0.29, 0.717) is 48.6 Å². The minimum atomic E-state index is -0.757. The fourth-order valence-electron chi connectivity index (χ4n) is 4.23. The number of amides is 1. The zero-order chi connectivity index (χ0) is 24.4. The summed E-state index contributed by atoms with van der Waals surface area (Å²) in [6.07, 6.45) is 1.54. The van der Waals surface area contributed by atoms with Crippen molar-refractivity contribution in [3.63, 3.8) is 0 Å². The van der Waals surface area contributed by atoms with Gasteiger partial charge in [-0.3, -0.25) is 23.5 Å². The summed E-state index contributed by atoms with van der Waals surface area (Å²) in [6, 6.07) is 16.5. The van der Waals surface area contributed by atoms with Crippen LogP contribution in [0.2, 0.25) is 0 Å². The van der Waals surface area contributed by atoms with Crippen LogP contribution in [0.25, 0.3) is 11.2 Å². The highest BCUT2D eigenvalue weighted by molar-refractivity contribution is 5.94. The molecule has 4 aromatic rings. The molecule has 8 nitrogen and oxygen atoms in total. The van der Waals surface area contributed by atoms with Gasteiger partial charge in [0.15, 0.2) is 5.65 Å². The molecule has 1 amide bonds. The molecule has 0 unspecified atom stereocenters. The molecule has 0 atom stereocenters. The summed E-state index contributed by atoms with van der Waals surface area (Å²) in [4.78, 5) is 44.9. The Morgan fingerprint density at radius 1 is 0.886 bits per heavy atom. The maximum absolute atomic E-state index is 14.2. The van der Waals surface area contributed by atoms with E-state index in [9.17, 15) is 18.8 Å². The van der Waals surface area contributed by atoms with Gasteiger partial charge in [0.1, 0.15) is 5.82 Å². The van der Waals surface area contributed by atoms with E-state index >= 15 is 0 Å². The van der Waals surface area contributed by atoms with Crippen molar-refractivity contribution in [3.05, 3.63) is 110 Å². The predicted molar refractivity (Wildman–Crippen MR) is 128 cm³/mol. The van der Waals surface area contributed by atoms with E-state index < -0.39 is 16.9 Å². The first-order chi connectivity index (χ1) is 17.0. The zero-order valence-corrected chi connectivity index (χ0v) is 18.9. The number of carbonyl (C=O) groups is 1. The number of halogens is 1. The van der Waals surface area contributed by atoms with Gasteiger partial charge in [-0.15, -0.1) is 0 Å². The SMILES string of the molecule is O=C(c1ccc(Cn2c(=O)c(=O)n(Cc3ccccc3F)c3cccnc32)cc1)N1CCOCC1. The number of morpholine rings is 1. The fraction of sp³-hybridized carbons (Fsp3) is 0.231. The second-order valence-corrected chi connectivity index (χ2v) is 8.32. The van der Waals surface area contributed by atoms with Crippen LogP contribution in [0.5, 0.6) is 0 Å². The Kier molecular flexibility index (Phi) is 6.24. The number of fused-ring (bicyclic) bond motifs is 1. The van der Waals surface area contributed by atoms with E-state index in [4.69, 9.17) is 4.74 Å². The third-order valence-electron chi connectivity index (χ3n) is 6.11. The van der Waals surface area contributed by atoms with Gasteiger partial charge in [-0.05, 0) is 35.9 Å². The van der Waals surface area contributed by atoms with Crippen molar-refractivity contribution in [2.24, 2.45) is 0 Å². The van der Waals surface area contributed by atoms with Crippen molar-refractivity contribution in [1.82, 2.24) is 19.0 Å². The summed E-state index contributed by atoms with van der Waals surface area (Å²) >= 11 is 0. The number of benzene rings is 2. The summed E-state index contributed by atoms with van der Waals surface area (Å²) in [5.74, 6) is -0.521. The molecule has 0 bridgehead atoms. The minimum absolute atomic E-state index is 0.0696. The Bertz CT molecular complexity index is 1500. The first-order valence-electron chi connectivity index (χ1n) is 11.3. The Morgan fingerprint density at radius 2 is 1.60 bits per heavy atom. The monoisotopic (exact) mass is 474 g/mol. The fourth-order valence-corrected chi connectivity index (χ4v) is 4.23. The number of ether oxygens (including phenoxy) is 1. The highest BCUT2D eigenvalue weighted by atomic mass is 19.1. The third kappa shape index (κ3) is 4.50. The van der Waals surface area contributed by atoms with E-state index in [1.165, 1.54) is 15.2 Å². The zero-order valence-electron chi connectivity index (χ0n) is 18.9. The van der Waals surface area contributed by atoms with Gasteiger partial charge in [-0.1, -0.05) is 30.3 Å². The Morgan fingerprint density at radius 3 is 2.34 bits per heavy atom. The molecule has 2 aromatic carbocycles. The maximum atomic E-state index is 14.2. The van der Waals surface area contributed by atoms with Crippen molar-refractivity contribution in [3.8, 4) is 0 Å². The lowest BCUT2D eigenvalue weighted by molar-refractivity contribution is 0.0303. The smallest absolute Gasteiger partial charge is 0.318 e. The molecule has 3 heterocycles. The highest BCUT2D eigenvalue weighted by Gasteiger charge is 2.19. The molecule has 1 saturated heterocycles. The molecule has 2 aromatic heterocycles. The molecule has 1 aliphatic rings. The normalized spacial score (nSPS) is 13.8. The van der Waals surface area contributed by atoms with Crippen LogP contribution in [0.3, 0.4) is 0 Å². The first-order valence-corrected chi connectivity index (χ1v) is 11.3. The van der Waals surface area contributed by atoms with Gasteiger partial charge in [0.2, 0.25) is 0 Å². The topological polar surface area (TPSA) is 86.4 Å². The lowest BCUT2D eigenvalue weighted by Gasteiger charge is -2.26. The van der Waals surface area contributed by atoms with Crippen molar-refractivity contribution < 1.29 is 13.9 Å². The van der Waals surface area contributed by atoms with E-state index in [1.54, 1.807) is 65.7 Å². The molecule has 0 radical (unpaired) electrons. The second kappa shape index (κ2) is 9.63. The minimum Gasteiger partial charge on any atom is -0.378 e. The number of aromatic nitrogens is 3.